The summed E-state index contributed by atoms with van der Waals surface area (Å²) in [6.07, 6.45) is 3.35. The van der Waals surface area contributed by atoms with E-state index in [9.17, 15) is 9.59 Å². The van der Waals surface area contributed by atoms with Gasteiger partial charge in [-0.1, -0.05) is 0 Å². The van der Waals surface area contributed by atoms with Crippen LogP contribution in [0.1, 0.15) is 25.7 Å². The van der Waals surface area contributed by atoms with Crippen LogP contribution in [-0.2, 0) is 14.3 Å². The van der Waals surface area contributed by atoms with Crippen LogP contribution in [0, 0.1) is 5.92 Å². The number of carbonyl (C=O) groups excluding carboxylic acids is 2. The van der Waals surface area contributed by atoms with Gasteiger partial charge < -0.3 is 21.1 Å². The van der Waals surface area contributed by atoms with Crippen molar-refractivity contribution in [1.29, 1.82) is 0 Å². The van der Waals surface area contributed by atoms with Crippen molar-refractivity contribution in [3.8, 4) is 0 Å². The highest BCUT2D eigenvalue weighted by molar-refractivity contribution is 5.82. The summed E-state index contributed by atoms with van der Waals surface area (Å²) in [4.78, 5) is 22.8. The lowest BCUT2D eigenvalue weighted by atomic mass is 10.1. The first-order valence-electron chi connectivity index (χ1n) is 6.45. The Morgan fingerprint density at radius 3 is 2.61 bits per heavy atom. The number of nitrogens with one attached hydrogen (secondary N) is 2. The normalized spacial score (nSPS) is 16.1. The van der Waals surface area contributed by atoms with Crippen LogP contribution in [0.15, 0.2) is 0 Å². The molecular formula is C12H23N3O3. The monoisotopic (exact) mass is 257 g/mol. The van der Waals surface area contributed by atoms with E-state index in [0.29, 0.717) is 26.1 Å². The van der Waals surface area contributed by atoms with Crippen molar-refractivity contribution in [3.63, 3.8) is 0 Å². The van der Waals surface area contributed by atoms with Crippen molar-refractivity contribution in [2.24, 2.45) is 11.7 Å². The van der Waals surface area contributed by atoms with Gasteiger partial charge in [-0.05, 0) is 25.7 Å². The van der Waals surface area contributed by atoms with Crippen molar-refractivity contribution in [2.45, 2.75) is 31.7 Å². The van der Waals surface area contributed by atoms with Gasteiger partial charge in [-0.2, -0.15) is 0 Å². The summed E-state index contributed by atoms with van der Waals surface area (Å²) in [6.45, 7) is 1.50. The molecule has 2 amide bonds. The van der Waals surface area contributed by atoms with E-state index in [-0.39, 0.29) is 17.7 Å². The van der Waals surface area contributed by atoms with Gasteiger partial charge in [-0.15, -0.1) is 0 Å². The average Bonchev–Trinajstić information content (AvgIpc) is 3.18. The lowest BCUT2D eigenvalue weighted by Crippen LogP contribution is -2.43. The van der Waals surface area contributed by atoms with Gasteiger partial charge in [-0.25, -0.2) is 0 Å². The third kappa shape index (κ3) is 5.97. The van der Waals surface area contributed by atoms with E-state index in [2.05, 4.69) is 10.6 Å². The molecule has 6 nitrogen and oxygen atoms in total. The second kappa shape index (κ2) is 8.05. The second-order valence-corrected chi connectivity index (χ2v) is 4.60. The zero-order valence-corrected chi connectivity index (χ0v) is 10.9. The van der Waals surface area contributed by atoms with Crippen LogP contribution >= 0.6 is 0 Å². The summed E-state index contributed by atoms with van der Waals surface area (Å²) >= 11 is 0. The number of nitrogens with two attached hydrogens (primary N) is 1. The molecule has 0 spiro atoms. The zero-order chi connectivity index (χ0) is 13.4. The molecule has 1 atom stereocenters. The summed E-state index contributed by atoms with van der Waals surface area (Å²) in [5, 5.41) is 5.48. The SMILES string of the molecule is COCCCC(N)C(=O)NCCNC(=O)C1CC1. The van der Waals surface area contributed by atoms with Crippen molar-refractivity contribution >= 4 is 11.8 Å². The topological polar surface area (TPSA) is 93.4 Å². The Balaban J connectivity index is 1.99. The lowest BCUT2D eigenvalue weighted by Gasteiger charge is -2.12. The van der Waals surface area contributed by atoms with E-state index in [0.717, 1.165) is 19.3 Å². The predicted octanol–water partition coefficient (Wildman–Crippen LogP) is -0.617. The second-order valence-electron chi connectivity index (χ2n) is 4.60. The van der Waals surface area contributed by atoms with Crippen molar-refractivity contribution in [3.05, 3.63) is 0 Å². The standard InChI is InChI=1S/C12H23N3O3/c1-18-8-2-3-10(13)12(17)15-7-6-14-11(16)9-4-5-9/h9-10H,2-8,13H2,1H3,(H,14,16)(H,15,17). The minimum Gasteiger partial charge on any atom is -0.385 e. The Morgan fingerprint density at radius 2 is 2.00 bits per heavy atom. The lowest BCUT2D eigenvalue weighted by molar-refractivity contribution is -0.124. The maximum atomic E-state index is 11.5. The van der Waals surface area contributed by atoms with Gasteiger partial charge in [0.25, 0.3) is 0 Å². The molecule has 0 bridgehead atoms. The van der Waals surface area contributed by atoms with Crippen LogP contribution in [0.4, 0.5) is 0 Å². The molecule has 0 saturated heterocycles. The van der Waals surface area contributed by atoms with E-state index in [4.69, 9.17) is 10.5 Å². The maximum absolute atomic E-state index is 11.5. The number of hydrogen-bond donors (Lipinski definition) is 3. The van der Waals surface area contributed by atoms with Gasteiger partial charge in [0.05, 0.1) is 6.04 Å². The Labute approximate surface area is 108 Å². The van der Waals surface area contributed by atoms with Crippen LogP contribution in [0.5, 0.6) is 0 Å². The molecule has 1 aliphatic carbocycles. The smallest absolute Gasteiger partial charge is 0.236 e. The molecule has 0 aliphatic heterocycles. The molecule has 0 aromatic rings. The molecule has 0 radical (unpaired) electrons. The van der Waals surface area contributed by atoms with Gasteiger partial charge in [0.15, 0.2) is 0 Å². The average molecular weight is 257 g/mol. The van der Waals surface area contributed by atoms with Gasteiger partial charge in [0.2, 0.25) is 11.8 Å². The van der Waals surface area contributed by atoms with Gasteiger partial charge >= 0.3 is 0 Å². The fourth-order valence-corrected chi connectivity index (χ4v) is 1.57. The largest absolute Gasteiger partial charge is 0.385 e. The van der Waals surface area contributed by atoms with E-state index in [1.54, 1.807) is 7.11 Å². The molecule has 1 unspecified atom stereocenters. The van der Waals surface area contributed by atoms with Crippen molar-refractivity contribution < 1.29 is 14.3 Å². The van der Waals surface area contributed by atoms with Crippen molar-refractivity contribution in [1.82, 2.24) is 10.6 Å². The van der Waals surface area contributed by atoms with Gasteiger partial charge in [0, 0.05) is 32.7 Å². The summed E-state index contributed by atoms with van der Waals surface area (Å²) in [5.74, 6) is 0.123. The first kappa shape index (κ1) is 14.9. The third-order valence-corrected chi connectivity index (χ3v) is 2.87. The highest BCUT2D eigenvalue weighted by Crippen LogP contribution is 2.28. The van der Waals surface area contributed by atoms with E-state index in [1.165, 1.54) is 0 Å². The minimum absolute atomic E-state index is 0.0913. The van der Waals surface area contributed by atoms with Crippen LogP contribution in [0.3, 0.4) is 0 Å². The highest BCUT2D eigenvalue weighted by atomic mass is 16.5. The van der Waals surface area contributed by atoms with E-state index >= 15 is 0 Å². The highest BCUT2D eigenvalue weighted by Gasteiger charge is 2.29. The fraction of sp³-hybridized carbons (Fsp3) is 0.833. The summed E-state index contributed by atoms with van der Waals surface area (Å²) in [6, 6.07) is -0.501. The summed E-state index contributed by atoms with van der Waals surface area (Å²) in [5.41, 5.74) is 5.70. The molecular weight excluding hydrogens is 234 g/mol. The Kier molecular flexibility index (Phi) is 6.67. The number of amides is 2. The molecule has 0 aromatic carbocycles. The molecule has 6 heteroatoms. The van der Waals surface area contributed by atoms with E-state index < -0.39 is 6.04 Å². The molecule has 1 fully saturated rings. The predicted molar refractivity (Wildman–Crippen MR) is 67.8 cm³/mol. The molecule has 1 rings (SSSR count). The number of rotatable bonds is 9. The van der Waals surface area contributed by atoms with Gasteiger partial charge in [0.1, 0.15) is 0 Å². The fourth-order valence-electron chi connectivity index (χ4n) is 1.57. The molecule has 1 saturated carbocycles. The number of hydrogen-bond acceptors (Lipinski definition) is 4. The van der Waals surface area contributed by atoms with Crippen LogP contribution < -0.4 is 16.4 Å². The quantitative estimate of drug-likeness (QED) is 0.480. The first-order chi connectivity index (χ1) is 8.65. The number of ether oxygens (including phenoxy) is 1. The van der Waals surface area contributed by atoms with Crippen molar-refractivity contribution in [2.75, 3.05) is 26.8 Å². The molecule has 1 aliphatic rings. The van der Waals surface area contributed by atoms with E-state index in [1.807, 2.05) is 0 Å². The van der Waals surface area contributed by atoms with Crippen LogP contribution in [0.25, 0.3) is 0 Å². The Morgan fingerprint density at radius 1 is 1.33 bits per heavy atom. The summed E-state index contributed by atoms with van der Waals surface area (Å²) in [7, 11) is 1.62. The third-order valence-electron chi connectivity index (χ3n) is 2.87. The summed E-state index contributed by atoms with van der Waals surface area (Å²) < 4.78 is 4.89. The Hall–Kier alpha value is -1.14. The van der Waals surface area contributed by atoms with Gasteiger partial charge in [-0.3, -0.25) is 9.59 Å². The number of methoxy groups -OCH3 is 1. The molecule has 18 heavy (non-hydrogen) atoms. The molecule has 104 valence electrons. The van der Waals surface area contributed by atoms with Crippen LogP contribution in [0.2, 0.25) is 0 Å². The molecule has 0 heterocycles. The maximum Gasteiger partial charge on any atom is 0.236 e. The molecule has 4 N–H and O–H groups in total. The minimum atomic E-state index is -0.501. The molecule has 0 aromatic heterocycles. The number of carbonyl (C=O) groups is 2. The Bertz CT molecular complexity index is 280. The first-order valence-corrected chi connectivity index (χ1v) is 6.45. The zero-order valence-electron chi connectivity index (χ0n) is 10.9. The van der Waals surface area contributed by atoms with Crippen LogP contribution in [-0.4, -0.2) is 44.7 Å².